The van der Waals surface area contributed by atoms with E-state index in [1.807, 2.05) is 30.3 Å². The standard InChI is InChI=1S/C19H28O3/c1-17(19(20)21)13-9-6-4-2-3-5-7-12-16-22-18-14-10-8-11-15-18/h8,10-11,14-15H,1-7,9,12-13,16H2,(H,20,21). The molecule has 1 rings (SSSR count). The van der Waals surface area contributed by atoms with Crippen LogP contribution in [0.2, 0.25) is 0 Å². The lowest BCUT2D eigenvalue weighted by molar-refractivity contribution is -0.132. The maximum Gasteiger partial charge on any atom is 0.330 e. The summed E-state index contributed by atoms with van der Waals surface area (Å²) in [5, 5.41) is 8.69. The van der Waals surface area contributed by atoms with Crippen LogP contribution in [-0.2, 0) is 4.79 Å². The van der Waals surface area contributed by atoms with Crippen molar-refractivity contribution in [3.05, 3.63) is 42.5 Å². The Morgan fingerprint density at radius 1 is 0.909 bits per heavy atom. The van der Waals surface area contributed by atoms with Crippen molar-refractivity contribution < 1.29 is 14.6 Å². The zero-order valence-corrected chi connectivity index (χ0v) is 13.4. The highest BCUT2D eigenvalue weighted by Gasteiger charge is 2.02. The molecule has 0 aliphatic rings. The van der Waals surface area contributed by atoms with Gasteiger partial charge in [-0.1, -0.05) is 63.3 Å². The molecular weight excluding hydrogens is 276 g/mol. The predicted octanol–water partition coefficient (Wildman–Crippen LogP) is 5.22. The van der Waals surface area contributed by atoms with Crippen LogP contribution >= 0.6 is 0 Å². The Morgan fingerprint density at radius 2 is 1.45 bits per heavy atom. The van der Waals surface area contributed by atoms with Gasteiger partial charge in [0.15, 0.2) is 0 Å². The molecule has 0 bridgehead atoms. The highest BCUT2D eigenvalue weighted by Crippen LogP contribution is 2.13. The van der Waals surface area contributed by atoms with Gasteiger partial charge in [-0.2, -0.15) is 0 Å². The van der Waals surface area contributed by atoms with Crippen molar-refractivity contribution >= 4 is 5.97 Å². The van der Waals surface area contributed by atoms with Crippen LogP contribution < -0.4 is 4.74 Å². The van der Waals surface area contributed by atoms with E-state index in [0.29, 0.717) is 12.0 Å². The van der Waals surface area contributed by atoms with Gasteiger partial charge in [0.25, 0.3) is 0 Å². The molecule has 22 heavy (non-hydrogen) atoms. The molecule has 0 saturated carbocycles. The van der Waals surface area contributed by atoms with Crippen LogP contribution in [0.3, 0.4) is 0 Å². The fourth-order valence-electron chi connectivity index (χ4n) is 2.31. The van der Waals surface area contributed by atoms with Crippen LogP contribution in [0.25, 0.3) is 0 Å². The van der Waals surface area contributed by atoms with Crippen molar-refractivity contribution in [2.24, 2.45) is 0 Å². The summed E-state index contributed by atoms with van der Waals surface area (Å²) in [6, 6.07) is 9.94. The zero-order valence-electron chi connectivity index (χ0n) is 13.4. The molecule has 1 aromatic rings. The van der Waals surface area contributed by atoms with Gasteiger partial charge in [-0.05, 0) is 31.4 Å². The Morgan fingerprint density at radius 3 is 2.05 bits per heavy atom. The van der Waals surface area contributed by atoms with Crippen LogP contribution in [0.4, 0.5) is 0 Å². The average molecular weight is 304 g/mol. The lowest BCUT2D eigenvalue weighted by Gasteiger charge is -2.06. The first-order chi connectivity index (χ1) is 10.7. The highest BCUT2D eigenvalue weighted by molar-refractivity contribution is 5.85. The van der Waals surface area contributed by atoms with E-state index in [-0.39, 0.29) is 0 Å². The molecule has 0 fully saturated rings. The topological polar surface area (TPSA) is 46.5 Å². The van der Waals surface area contributed by atoms with Gasteiger partial charge in [0.1, 0.15) is 5.75 Å². The molecule has 0 aromatic heterocycles. The Hall–Kier alpha value is -1.77. The van der Waals surface area contributed by atoms with Crippen molar-refractivity contribution in [2.75, 3.05) is 6.61 Å². The zero-order chi connectivity index (χ0) is 16.0. The van der Waals surface area contributed by atoms with E-state index in [9.17, 15) is 4.79 Å². The maximum absolute atomic E-state index is 10.6. The predicted molar refractivity (Wildman–Crippen MR) is 90.3 cm³/mol. The number of ether oxygens (including phenoxy) is 1. The molecule has 0 atom stereocenters. The quantitative estimate of drug-likeness (QED) is 0.401. The molecule has 0 amide bonds. The van der Waals surface area contributed by atoms with Gasteiger partial charge in [0.2, 0.25) is 0 Å². The Balaban J connectivity index is 1.82. The lowest BCUT2D eigenvalue weighted by Crippen LogP contribution is -1.98. The lowest BCUT2D eigenvalue weighted by atomic mass is 10.1. The summed E-state index contributed by atoms with van der Waals surface area (Å²) in [6.45, 7) is 4.33. The second-order valence-electron chi connectivity index (χ2n) is 5.65. The SMILES string of the molecule is C=C(CCCCCCCCCCOc1ccccc1)C(=O)O. The molecule has 0 spiro atoms. The maximum atomic E-state index is 10.6. The summed E-state index contributed by atoms with van der Waals surface area (Å²) in [5.41, 5.74) is 0.332. The minimum absolute atomic E-state index is 0.332. The normalized spacial score (nSPS) is 10.4. The van der Waals surface area contributed by atoms with E-state index in [1.165, 1.54) is 32.1 Å². The molecule has 1 N–H and O–H groups in total. The average Bonchev–Trinajstić information content (AvgIpc) is 2.53. The summed E-state index contributed by atoms with van der Waals surface area (Å²) < 4.78 is 5.65. The Labute approximate surface area is 134 Å². The van der Waals surface area contributed by atoms with E-state index in [0.717, 1.165) is 31.6 Å². The fraction of sp³-hybridized carbons (Fsp3) is 0.526. The van der Waals surface area contributed by atoms with Gasteiger partial charge >= 0.3 is 5.97 Å². The van der Waals surface area contributed by atoms with Gasteiger partial charge in [-0.3, -0.25) is 0 Å². The van der Waals surface area contributed by atoms with Crippen molar-refractivity contribution in [3.63, 3.8) is 0 Å². The fourth-order valence-corrected chi connectivity index (χ4v) is 2.31. The number of unbranched alkanes of at least 4 members (excludes halogenated alkanes) is 7. The van der Waals surface area contributed by atoms with Gasteiger partial charge in [0, 0.05) is 5.57 Å². The first-order valence-electron chi connectivity index (χ1n) is 8.29. The minimum atomic E-state index is -0.863. The molecule has 0 aliphatic carbocycles. The Kier molecular flexibility index (Phi) is 9.84. The number of hydrogen-bond acceptors (Lipinski definition) is 2. The van der Waals surface area contributed by atoms with Crippen LogP contribution in [-0.4, -0.2) is 17.7 Å². The smallest absolute Gasteiger partial charge is 0.330 e. The van der Waals surface area contributed by atoms with E-state index < -0.39 is 5.97 Å². The molecule has 122 valence electrons. The number of hydrogen-bond donors (Lipinski definition) is 1. The second kappa shape index (κ2) is 11.8. The molecule has 0 aliphatic heterocycles. The third-order valence-electron chi connectivity index (χ3n) is 3.69. The summed E-state index contributed by atoms with van der Waals surface area (Å²) in [6.07, 6.45) is 9.90. The molecule has 3 heteroatoms. The molecular formula is C19H28O3. The van der Waals surface area contributed by atoms with Crippen molar-refractivity contribution in [1.82, 2.24) is 0 Å². The molecule has 0 radical (unpaired) electrons. The Bertz CT molecular complexity index is 426. The van der Waals surface area contributed by atoms with E-state index in [4.69, 9.17) is 9.84 Å². The van der Waals surface area contributed by atoms with Gasteiger partial charge in [-0.15, -0.1) is 0 Å². The number of aliphatic carboxylic acids is 1. The number of carbonyl (C=O) groups is 1. The van der Waals surface area contributed by atoms with Crippen LogP contribution in [0.1, 0.15) is 57.8 Å². The largest absolute Gasteiger partial charge is 0.494 e. The number of rotatable bonds is 13. The van der Waals surface area contributed by atoms with E-state index in [1.54, 1.807) is 0 Å². The molecule has 1 aromatic carbocycles. The van der Waals surface area contributed by atoms with Crippen molar-refractivity contribution in [1.29, 1.82) is 0 Å². The van der Waals surface area contributed by atoms with Gasteiger partial charge in [-0.25, -0.2) is 4.79 Å². The molecule has 0 saturated heterocycles. The summed E-state index contributed by atoms with van der Waals surface area (Å²) in [5.74, 6) is 0.0863. The molecule has 0 heterocycles. The van der Waals surface area contributed by atoms with E-state index in [2.05, 4.69) is 6.58 Å². The summed E-state index contributed by atoms with van der Waals surface area (Å²) in [7, 11) is 0. The van der Waals surface area contributed by atoms with Crippen molar-refractivity contribution in [3.8, 4) is 5.75 Å². The van der Waals surface area contributed by atoms with Crippen LogP contribution in [0, 0.1) is 0 Å². The summed E-state index contributed by atoms with van der Waals surface area (Å²) >= 11 is 0. The number of carboxylic acids is 1. The monoisotopic (exact) mass is 304 g/mol. The second-order valence-corrected chi connectivity index (χ2v) is 5.65. The molecule has 0 unspecified atom stereocenters. The van der Waals surface area contributed by atoms with Crippen LogP contribution in [0.5, 0.6) is 5.75 Å². The molecule has 3 nitrogen and oxygen atoms in total. The summed E-state index contributed by atoms with van der Waals surface area (Å²) in [4.78, 5) is 10.6. The number of para-hydroxylation sites is 1. The van der Waals surface area contributed by atoms with Crippen molar-refractivity contribution in [2.45, 2.75) is 57.8 Å². The van der Waals surface area contributed by atoms with E-state index >= 15 is 0 Å². The van der Waals surface area contributed by atoms with Crippen LogP contribution in [0.15, 0.2) is 42.5 Å². The minimum Gasteiger partial charge on any atom is -0.494 e. The highest BCUT2D eigenvalue weighted by atomic mass is 16.5. The van der Waals surface area contributed by atoms with Gasteiger partial charge < -0.3 is 9.84 Å². The first kappa shape index (κ1) is 18.3. The third kappa shape index (κ3) is 9.22. The third-order valence-corrected chi connectivity index (χ3v) is 3.69. The number of carboxylic acid groups (broad SMARTS) is 1. The first-order valence-corrected chi connectivity index (χ1v) is 8.29. The number of benzene rings is 1. The van der Waals surface area contributed by atoms with Gasteiger partial charge in [0.05, 0.1) is 6.61 Å².